The van der Waals surface area contributed by atoms with Gasteiger partial charge in [-0.15, -0.1) is 0 Å². The van der Waals surface area contributed by atoms with E-state index in [-0.39, 0.29) is 35.3 Å². The first-order chi connectivity index (χ1) is 6.31. The fourth-order valence-electron chi connectivity index (χ4n) is 1.00. The van der Waals surface area contributed by atoms with Crippen molar-refractivity contribution in [3.05, 3.63) is 36.3 Å². The molecular formula is C9H5NaO4. The molecule has 1 aromatic rings. The molecule has 0 radical (unpaired) electrons. The maximum Gasteiger partial charge on any atom is 1.00 e. The third-order valence-corrected chi connectivity index (χ3v) is 1.58. The second-order valence-corrected chi connectivity index (χ2v) is 2.42. The molecule has 14 heavy (non-hydrogen) atoms. The topological polar surface area (TPSA) is 58.6 Å². The molecule has 0 saturated heterocycles. The van der Waals surface area contributed by atoms with Gasteiger partial charge in [-0.05, 0) is 12.1 Å². The predicted molar refractivity (Wildman–Crippen MR) is 40.8 cm³/mol. The molecule has 0 unspecified atom stereocenters. The Morgan fingerprint density at radius 3 is 2.29 bits per heavy atom. The van der Waals surface area contributed by atoms with E-state index in [4.69, 9.17) is 9.47 Å². The molecule has 1 heterocycles. The molecule has 1 aliphatic heterocycles. The van der Waals surface area contributed by atoms with E-state index in [1.54, 1.807) is 24.3 Å². The molecule has 66 valence electrons. The zero-order chi connectivity index (χ0) is 9.26. The van der Waals surface area contributed by atoms with Crippen LogP contribution in [0.15, 0.2) is 36.3 Å². The SMILES string of the molecule is O=C1Oc2ccccc2O/C1=C/[O-].[Na+]. The van der Waals surface area contributed by atoms with E-state index in [1.165, 1.54) is 0 Å². The van der Waals surface area contributed by atoms with E-state index in [1.807, 2.05) is 0 Å². The molecule has 0 amide bonds. The van der Waals surface area contributed by atoms with Crippen molar-refractivity contribution >= 4 is 5.97 Å². The van der Waals surface area contributed by atoms with Gasteiger partial charge in [-0.25, -0.2) is 4.79 Å². The number of esters is 1. The zero-order valence-corrected chi connectivity index (χ0v) is 9.52. The molecule has 0 saturated carbocycles. The summed E-state index contributed by atoms with van der Waals surface area (Å²) in [6.07, 6.45) is 0.332. The van der Waals surface area contributed by atoms with Gasteiger partial charge in [-0.2, -0.15) is 0 Å². The summed E-state index contributed by atoms with van der Waals surface area (Å²) >= 11 is 0. The van der Waals surface area contributed by atoms with Crippen LogP contribution in [-0.2, 0) is 4.79 Å². The molecule has 2 rings (SSSR count). The van der Waals surface area contributed by atoms with Crippen molar-refractivity contribution in [3.8, 4) is 11.5 Å². The molecule has 0 spiro atoms. The number of hydrogen-bond acceptors (Lipinski definition) is 4. The Kier molecular flexibility index (Phi) is 3.57. The largest absolute Gasteiger partial charge is 1.00 e. The summed E-state index contributed by atoms with van der Waals surface area (Å²) in [5.74, 6) is -0.366. The van der Waals surface area contributed by atoms with Gasteiger partial charge in [0.15, 0.2) is 17.3 Å². The number of rotatable bonds is 0. The van der Waals surface area contributed by atoms with Crippen molar-refractivity contribution in [2.75, 3.05) is 0 Å². The van der Waals surface area contributed by atoms with Gasteiger partial charge in [0, 0.05) is 0 Å². The minimum Gasteiger partial charge on any atom is -0.875 e. The Labute approximate surface area is 102 Å². The van der Waals surface area contributed by atoms with Crippen LogP contribution in [-0.4, -0.2) is 5.97 Å². The summed E-state index contributed by atoms with van der Waals surface area (Å²) in [7, 11) is 0. The average molecular weight is 200 g/mol. The predicted octanol–water partition coefficient (Wildman–Crippen LogP) is -2.81. The average Bonchev–Trinajstić information content (AvgIpc) is 2.17. The first-order valence-electron chi connectivity index (χ1n) is 3.62. The van der Waals surface area contributed by atoms with Gasteiger partial charge < -0.3 is 14.6 Å². The first kappa shape index (κ1) is 11.1. The van der Waals surface area contributed by atoms with Gasteiger partial charge in [-0.3, -0.25) is 0 Å². The molecule has 0 fully saturated rings. The third-order valence-electron chi connectivity index (χ3n) is 1.58. The molecule has 1 aliphatic rings. The number of carbonyl (C=O) groups is 1. The standard InChI is InChI=1S/C9H6O4.Na/c10-5-8-9(11)13-7-4-2-1-3-6(7)12-8;/h1-5,10H;/q;+1/p-1/b8-5+;. The smallest absolute Gasteiger partial charge is 0.875 e. The van der Waals surface area contributed by atoms with Crippen LogP contribution in [0.2, 0.25) is 0 Å². The van der Waals surface area contributed by atoms with Crippen LogP contribution in [0, 0.1) is 0 Å². The van der Waals surface area contributed by atoms with Crippen LogP contribution in [0.3, 0.4) is 0 Å². The van der Waals surface area contributed by atoms with Gasteiger partial charge in [-0.1, -0.05) is 18.4 Å². The second-order valence-electron chi connectivity index (χ2n) is 2.42. The van der Waals surface area contributed by atoms with Crippen molar-refractivity contribution in [1.29, 1.82) is 0 Å². The van der Waals surface area contributed by atoms with Crippen LogP contribution in [0.25, 0.3) is 0 Å². The quantitative estimate of drug-likeness (QED) is 0.149. The molecule has 0 bridgehead atoms. The minimum absolute atomic E-state index is 0. The summed E-state index contributed by atoms with van der Waals surface area (Å²) in [4.78, 5) is 11.0. The van der Waals surface area contributed by atoms with Crippen molar-refractivity contribution in [2.45, 2.75) is 0 Å². The molecule has 0 aliphatic carbocycles. The van der Waals surface area contributed by atoms with Gasteiger partial charge in [0.2, 0.25) is 0 Å². The summed E-state index contributed by atoms with van der Waals surface area (Å²) in [6, 6.07) is 6.64. The molecule has 0 atom stereocenters. The number of ether oxygens (including phenoxy) is 2. The van der Waals surface area contributed by atoms with E-state index in [2.05, 4.69) is 0 Å². The van der Waals surface area contributed by atoms with Gasteiger partial charge in [0.1, 0.15) is 0 Å². The van der Waals surface area contributed by atoms with Crippen LogP contribution >= 0.6 is 0 Å². The normalized spacial score (nSPS) is 16.3. The Hall–Kier alpha value is -0.970. The first-order valence-corrected chi connectivity index (χ1v) is 3.62. The van der Waals surface area contributed by atoms with Crippen molar-refractivity contribution < 1.29 is 48.9 Å². The van der Waals surface area contributed by atoms with E-state index < -0.39 is 5.97 Å². The van der Waals surface area contributed by atoms with Gasteiger partial charge in [0.25, 0.3) is 0 Å². The molecule has 0 N–H and O–H groups in total. The van der Waals surface area contributed by atoms with Crippen molar-refractivity contribution in [3.63, 3.8) is 0 Å². The monoisotopic (exact) mass is 200 g/mol. The second kappa shape index (κ2) is 4.50. The maximum absolute atomic E-state index is 11.0. The minimum atomic E-state index is -0.756. The molecular weight excluding hydrogens is 195 g/mol. The van der Waals surface area contributed by atoms with E-state index in [0.29, 0.717) is 17.8 Å². The maximum atomic E-state index is 11.0. The number of para-hydroxylation sites is 2. The van der Waals surface area contributed by atoms with E-state index in [9.17, 15) is 9.90 Å². The summed E-state index contributed by atoms with van der Waals surface area (Å²) in [5, 5.41) is 10.3. The fraction of sp³-hybridized carbons (Fsp3) is 0. The van der Waals surface area contributed by atoms with Gasteiger partial charge >= 0.3 is 35.5 Å². The summed E-state index contributed by atoms with van der Waals surface area (Å²) in [6.45, 7) is 0. The Morgan fingerprint density at radius 2 is 1.71 bits per heavy atom. The van der Waals surface area contributed by atoms with Crippen molar-refractivity contribution in [1.82, 2.24) is 0 Å². The molecule has 0 aromatic heterocycles. The number of fused-ring (bicyclic) bond motifs is 1. The molecule has 4 nitrogen and oxygen atoms in total. The van der Waals surface area contributed by atoms with Crippen LogP contribution < -0.4 is 44.1 Å². The van der Waals surface area contributed by atoms with Crippen LogP contribution in [0.5, 0.6) is 11.5 Å². The van der Waals surface area contributed by atoms with E-state index >= 15 is 0 Å². The number of hydrogen-bond donors (Lipinski definition) is 0. The van der Waals surface area contributed by atoms with Crippen molar-refractivity contribution in [2.24, 2.45) is 0 Å². The Morgan fingerprint density at radius 1 is 1.14 bits per heavy atom. The zero-order valence-electron chi connectivity index (χ0n) is 7.52. The fourth-order valence-corrected chi connectivity index (χ4v) is 1.00. The third kappa shape index (κ3) is 1.92. The Balaban J connectivity index is 0.000000980. The summed E-state index contributed by atoms with van der Waals surface area (Å²) < 4.78 is 9.77. The van der Waals surface area contributed by atoms with E-state index in [0.717, 1.165) is 0 Å². The van der Waals surface area contributed by atoms with Crippen LogP contribution in [0.1, 0.15) is 0 Å². The molecule has 1 aromatic carbocycles. The Bertz CT molecular complexity index is 386. The summed E-state index contributed by atoms with van der Waals surface area (Å²) in [5.41, 5.74) is 0. The van der Waals surface area contributed by atoms with Gasteiger partial charge in [0.05, 0.1) is 0 Å². The number of carbonyl (C=O) groups excluding carboxylic acids is 1. The molecule has 5 heteroatoms. The van der Waals surface area contributed by atoms with Crippen LogP contribution in [0.4, 0.5) is 0 Å². The number of benzene rings is 1.